The Balaban J connectivity index is 1.24. The molecule has 2 N–H and O–H groups in total. The molecule has 0 saturated carbocycles. The summed E-state index contributed by atoms with van der Waals surface area (Å²) in [7, 11) is 0. The Morgan fingerprint density at radius 3 is 2.40 bits per heavy atom. The molecule has 0 bridgehead atoms. The standard InChI is InChI=1S/C22H26N4O4/c27-21(23-17-7-3-1-4-8-17)29-16-20-19(24-22(28)30-20)15-25-11-13-26(14-12-25)18-9-5-2-6-10-18/h1-10,19-20H,11-16H2,(H,23,27)(H,24,28)/t19-,20-/m1/s1. The highest BCUT2D eigenvalue weighted by molar-refractivity contribution is 5.84. The minimum Gasteiger partial charge on any atom is -0.445 e. The Morgan fingerprint density at radius 1 is 1.03 bits per heavy atom. The van der Waals surface area contributed by atoms with E-state index in [9.17, 15) is 9.59 Å². The minimum atomic E-state index is -0.570. The Labute approximate surface area is 175 Å². The summed E-state index contributed by atoms with van der Waals surface area (Å²) in [6, 6.07) is 19.2. The first-order valence-corrected chi connectivity index (χ1v) is 10.2. The minimum absolute atomic E-state index is 0.00601. The predicted molar refractivity (Wildman–Crippen MR) is 114 cm³/mol. The maximum atomic E-state index is 12.0. The molecule has 2 saturated heterocycles. The Hall–Kier alpha value is -3.26. The van der Waals surface area contributed by atoms with Crippen LogP contribution in [0.1, 0.15) is 0 Å². The van der Waals surface area contributed by atoms with Crippen LogP contribution in [0.4, 0.5) is 21.0 Å². The van der Waals surface area contributed by atoms with Crippen LogP contribution in [-0.2, 0) is 9.47 Å². The van der Waals surface area contributed by atoms with Crippen molar-refractivity contribution in [1.82, 2.24) is 10.2 Å². The molecule has 2 amide bonds. The molecular weight excluding hydrogens is 384 g/mol. The first-order valence-electron chi connectivity index (χ1n) is 10.2. The molecule has 2 heterocycles. The van der Waals surface area contributed by atoms with Gasteiger partial charge in [0, 0.05) is 44.1 Å². The lowest BCUT2D eigenvalue weighted by Crippen LogP contribution is -2.52. The van der Waals surface area contributed by atoms with Gasteiger partial charge >= 0.3 is 12.2 Å². The summed E-state index contributed by atoms with van der Waals surface area (Å²) in [5, 5.41) is 5.50. The van der Waals surface area contributed by atoms with Crippen molar-refractivity contribution in [2.45, 2.75) is 12.1 Å². The maximum Gasteiger partial charge on any atom is 0.411 e. The third-order valence-electron chi connectivity index (χ3n) is 5.36. The molecule has 8 heteroatoms. The van der Waals surface area contributed by atoms with Crippen LogP contribution in [0.3, 0.4) is 0 Å². The number of carbonyl (C=O) groups is 2. The third-order valence-corrected chi connectivity index (χ3v) is 5.36. The van der Waals surface area contributed by atoms with Gasteiger partial charge in [0.05, 0.1) is 6.04 Å². The molecule has 30 heavy (non-hydrogen) atoms. The lowest BCUT2D eigenvalue weighted by molar-refractivity contribution is 0.0618. The maximum absolute atomic E-state index is 12.0. The first-order chi connectivity index (χ1) is 14.7. The number of alkyl carbamates (subject to hydrolysis) is 1. The lowest BCUT2D eigenvalue weighted by atomic mass is 10.1. The average Bonchev–Trinajstić information content (AvgIpc) is 3.13. The monoisotopic (exact) mass is 410 g/mol. The number of carbonyl (C=O) groups excluding carboxylic acids is 2. The van der Waals surface area contributed by atoms with Gasteiger partial charge < -0.3 is 19.7 Å². The molecule has 4 rings (SSSR count). The van der Waals surface area contributed by atoms with Crippen molar-refractivity contribution in [3.63, 3.8) is 0 Å². The number of cyclic esters (lactones) is 1. The molecule has 0 unspecified atom stereocenters. The summed E-state index contributed by atoms with van der Waals surface area (Å²) >= 11 is 0. The zero-order valence-electron chi connectivity index (χ0n) is 16.7. The number of hydrogen-bond donors (Lipinski definition) is 2. The van der Waals surface area contributed by atoms with E-state index in [1.165, 1.54) is 5.69 Å². The van der Waals surface area contributed by atoms with Gasteiger partial charge in [0.2, 0.25) is 0 Å². The Morgan fingerprint density at radius 2 is 1.70 bits per heavy atom. The summed E-state index contributed by atoms with van der Waals surface area (Å²) < 4.78 is 10.6. The van der Waals surface area contributed by atoms with Gasteiger partial charge in [-0.1, -0.05) is 36.4 Å². The number of ether oxygens (including phenoxy) is 2. The molecule has 2 aliphatic rings. The second kappa shape index (κ2) is 9.49. The van der Waals surface area contributed by atoms with Gasteiger partial charge in [-0.05, 0) is 24.3 Å². The van der Waals surface area contributed by atoms with E-state index in [4.69, 9.17) is 9.47 Å². The van der Waals surface area contributed by atoms with Crippen LogP contribution < -0.4 is 15.5 Å². The third kappa shape index (κ3) is 5.21. The Kier molecular flexibility index (Phi) is 6.34. The van der Waals surface area contributed by atoms with Crippen LogP contribution in [0.5, 0.6) is 0 Å². The van der Waals surface area contributed by atoms with Crippen molar-refractivity contribution in [2.75, 3.05) is 49.5 Å². The van der Waals surface area contributed by atoms with Crippen molar-refractivity contribution in [2.24, 2.45) is 0 Å². The van der Waals surface area contributed by atoms with Crippen LogP contribution in [0.15, 0.2) is 60.7 Å². The number of hydrogen-bond acceptors (Lipinski definition) is 6. The zero-order chi connectivity index (χ0) is 20.8. The summed E-state index contributed by atoms with van der Waals surface area (Å²) in [5.74, 6) is 0. The topological polar surface area (TPSA) is 83.1 Å². The summed E-state index contributed by atoms with van der Waals surface area (Å²) in [6.07, 6.45) is -1.55. The van der Waals surface area contributed by atoms with E-state index in [1.54, 1.807) is 12.1 Å². The molecule has 2 atom stereocenters. The summed E-state index contributed by atoms with van der Waals surface area (Å²) in [5.41, 5.74) is 1.88. The largest absolute Gasteiger partial charge is 0.445 e. The molecule has 2 fully saturated rings. The van der Waals surface area contributed by atoms with Gasteiger partial charge in [-0.2, -0.15) is 0 Å². The van der Waals surface area contributed by atoms with Crippen LogP contribution >= 0.6 is 0 Å². The van der Waals surface area contributed by atoms with E-state index in [0.29, 0.717) is 12.2 Å². The van der Waals surface area contributed by atoms with Crippen molar-refractivity contribution in [3.8, 4) is 0 Å². The smallest absolute Gasteiger partial charge is 0.411 e. The molecular formula is C22H26N4O4. The number of anilines is 2. The molecule has 0 aromatic heterocycles. The molecule has 0 radical (unpaired) electrons. The molecule has 2 aliphatic heterocycles. The van der Waals surface area contributed by atoms with E-state index in [2.05, 4.69) is 32.6 Å². The molecule has 8 nitrogen and oxygen atoms in total. The number of nitrogens with one attached hydrogen (secondary N) is 2. The highest BCUT2D eigenvalue weighted by Gasteiger charge is 2.36. The van der Waals surface area contributed by atoms with E-state index >= 15 is 0 Å². The zero-order valence-corrected chi connectivity index (χ0v) is 16.7. The predicted octanol–water partition coefficient (Wildman–Crippen LogP) is 2.53. The fourth-order valence-corrected chi connectivity index (χ4v) is 3.75. The Bertz CT molecular complexity index is 841. The van der Waals surface area contributed by atoms with Gasteiger partial charge in [-0.15, -0.1) is 0 Å². The molecule has 2 aromatic rings. The fourth-order valence-electron chi connectivity index (χ4n) is 3.75. The van der Waals surface area contributed by atoms with Crippen LogP contribution in [0.2, 0.25) is 0 Å². The average molecular weight is 410 g/mol. The van der Waals surface area contributed by atoms with Crippen LogP contribution in [-0.4, -0.2) is 68.6 Å². The normalized spacial score (nSPS) is 21.6. The van der Waals surface area contributed by atoms with Gasteiger partial charge in [0.1, 0.15) is 6.61 Å². The number of para-hydroxylation sites is 2. The molecule has 0 aliphatic carbocycles. The lowest BCUT2D eigenvalue weighted by Gasteiger charge is -2.37. The molecule has 2 aromatic carbocycles. The fraction of sp³-hybridized carbons (Fsp3) is 0.364. The highest BCUT2D eigenvalue weighted by atomic mass is 16.6. The summed E-state index contributed by atoms with van der Waals surface area (Å²) in [4.78, 5) is 28.4. The number of rotatable bonds is 6. The summed E-state index contributed by atoms with van der Waals surface area (Å²) in [6.45, 7) is 4.29. The molecule has 158 valence electrons. The van der Waals surface area contributed by atoms with Crippen LogP contribution in [0, 0.1) is 0 Å². The quantitative estimate of drug-likeness (QED) is 0.762. The number of benzene rings is 2. The van der Waals surface area contributed by atoms with E-state index < -0.39 is 18.3 Å². The highest BCUT2D eigenvalue weighted by Crippen LogP contribution is 2.17. The number of nitrogens with zero attached hydrogens (tertiary/aromatic N) is 2. The van der Waals surface area contributed by atoms with Gasteiger partial charge in [-0.3, -0.25) is 10.2 Å². The SMILES string of the molecule is O=C(Nc1ccccc1)OC[C@H]1OC(=O)N[C@@H]1CN1CCN(c2ccccc2)CC1. The van der Waals surface area contributed by atoms with E-state index in [-0.39, 0.29) is 12.6 Å². The van der Waals surface area contributed by atoms with Crippen molar-refractivity contribution < 1.29 is 19.1 Å². The van der Waals surface area contributed by atoms with E-state index in [0.717, 1.165) is 26.2 Å². The van der Waals surface area contributed by atoms with Gasteiger partial charge in [0.25, 0.3) is 0 Å². The van der Waals surface area contributed by atoms with Gasteiger partial charge in [-0.25, -0.2) is 9.59 Å². The van der Waals surface area contributed by atoms with E-state index in [1.807, 2.05) is 36.4 Å². The second-order valence-electron chi connectivity index (χ2n) is 7.41. The second-order valence-corrected chi connectivity index (χ2v) is 7.41. The number of piperazine rings is 1. The van der Waals surface area contributed by atoms with Crippen LogP contribution in [0.25, 0.3) is 0 Å². The van der Waals surface area contributed by atoms with Gasteiger partial charge in [0.15, 0.2) is 6.10 Å². The van der Waals surface area contributed by atoms with Crippen molar-refractivity contribution in [1.29, 1.82) is 0 Å². The van der Waals surface area contributed by atoms with Crippen molar-refractivity contribution in [3.05, 3.63) is 60.7 Å². The first kappa shape index (κ1) is 20.0. The van der Waals surface area contributed by atoms with Crippen molar-refractivity contribution >= 4 is 23.6 Å². The molecule has 0 spiro atoms. The number of amides is 2.